The molecule has 1 atom stereocenters. The van der Waals surface area contributed by atoms with Gasteiger partial charge in [0.1, 0.15) is 0 Å². The van der Waals surface area contributed by atoms with E-state index in [9.17, 15) is 9.36 Å². The highest BCUT2D eigenvalue weighted by atomic mass is 31.2. The Balaban J connectivity index is 3.13. The highest BCUT2D eigenvalue weighted by Crippen LogP contribution is 2.46. The summed E-state index contributed by atoms with van der Waals surface area (Å²) < 4.78 is 17.2. The molecule has 1 aromatic rings. The first-order valence-corrected chi connectivity index (χ1v) is 6.05. The van der Waals surface area contributed by atoms with Gasteiger partial charge in [-0.1, -0.05) is 18.2 Å². The lowest BCUT2D eigenvalue weighted by Gasteiger charge is -2.14. The fourth-order valence-corrected chi connectivity index (χ4v) is 2.78. The predicted molar refractivity (Wildman–Crippen MR) is 56.0 cm³/mol. The second-order valence-corrected chi connectivity index (χ2v) is 5.33. The Morgan fingerprint density at radius 2 is 1.93 bits per heavy atom. The Morgan fingerprint density at radius 1 is 1.36 bits per heavy atom. The van der Waals surface area contributed by atoms with Gasteiger partial charge in [0.05, 0.1) is 6.61 Å². The van der Waals surface area contributed by atoms with E-state index in [1.165, 1.54) is 6.92 Å². The third-order valence-corrected chi connectivity index (χ3v) is 4.25. The SMILES string of the molecule is CCOP(=O)(C(C)=O)c1ccccc1. The number of carbonyl (C=O) groups is 1. The van der Waals surface area contributed by atoms with E-state index in [0.29, 0.717) is 5.30 Å². The van der Waals surface area contributed by atoms with Crippen LogP contribution in [-0.4, -0.2) is 12.1 Å². The lowest BCUT2D eigenvalue weighted by atomic mass is 10.4. The number of carbonyl (C=O) groups excluding carboxylic acids is 1. The number of benzene rings is 1. The minimum absolute atomic E-state index is 0.270. The summed E-state index contributed by atoms with van der Waals surface area (Å²) in [6, 6.07) is 8.59. The maximum atomic E-state index is 12.1. The van der Waals surface area contributed by atoms with Crippen LogP contribution in [0.1, 0.15) is 13.8 Å². The van der Waals surface area contributed by atoms with Gasteiger partial charge in [-0.05, 0) is 19.1 Å². The summed E-state index contributed by atoms with van der Waals surface area (Å²) in [6.07, 6.45) is 0. The van der Waals surface area contributed by atoms with Gasteiger partial charge in [-0.25, -0.2) is 0 Å². The smallest absolute Gasteiger partial charge is 0.295 e. The van der Waals surface area contributed by atoms with Crippen molar-refractivity contribution in [1.29, 1.82) is 0 Å². The zero-order chi connectivity index (χ0) is 10.6. The summed E-state index contributed by atoms with van der Waals surface area (Å²) in [5.41, 5.74) is -0.412. The Kier molecular flexibility index (Phi) is 3.62. The molecule has 0 fully saturated rings. The topological polar surface area (TPSA) is 43.4 Å². The molecular weight excluding hydrogens is 199 g/mol. The summed E-state index contributed by atoms with van der Waals surface area (Å²) in [6.45, 7) is 3.29. The number of hydrogen-bond acceptors (Lipinski definition) is 3. The van der Waals surface area contributed by atoms with Gasteiger partial charge in [-0.15, -0.1) is 0 Å². The monoisotopic (exact) mass is 212 g/mol. The van der Waals surface area contributed by atoms with Gasteiger partial charge in [-0.3, -0.25) is 9.36 Å². The van der Waals surface area contributed by atoms with Gasteiger partial charge < -0.3 is 4.52 Å². The highest BCUT2D eigenvalue weighted by molar-refractivity contribution is 7.82. The third-order valence-electron chi connectivity index (χ3n) is 1.82. The molecule has 0 N–H and O–H groups in total. The van der Waals surface area contributed by atoms with Crippen LogP contribution in [0, 0.1) is 0 Å². The van der Waals surface area contributed by atoms with Gasteiger partial charge in [0.15, 0.2) is 0 Å². The second kappa shape index (κ2) is 4.54. The fourth-order valence-electron chi connectivity index (χ4n) is 1.15. The van der Waals surface area contributed by atoms with Crippen molar-refractivity contribution >= 4 is 18.2 Å². The molecule has 0 aromatic heterocycles. The van der Waals surface area contributed by atoms with Crippen molar-refractivity contribution in [2.75, 3.05) is 6.61 Å². The van der Waals surface area contributed by atoms with Crippen LogP contribution in [0.3, 0.4) is 0 Å². The van der Waals surface area contributed by atoms with Crippen molar-refractivity contribution in [3.63, 3.8) is 0 Å². The molecule has 0 saturated heterocycles. The summed E-state index contributed by atoms with van der Waals surface area (Å²) in [5, 5.41) is 0.467. The summed E-state index contributed by atoms with van der Waals surface area (Å²) in [5.74, 6) is 0. The quantitative estimate of drug-likeness (QED) is 0.718. The molecule has 0 saturated carbocycles. The summed E-state index contributed by atoms with van der Waals surface area (Å²) in [7, 11) is -3.28. The minimum atomic E-state index is -3.28. The maximum absolute atomic E-state index is 12.1. The van der Waals surface area contributed by atoms with Crippen LogP contribution >= 0.6 is 7.37 Å². The summed E-state index contributed by atoms with van der Waals surface area (Å²) in [4.78, 5) is 11.3. The van der Waals surface area contributed by atoms with Crippen LogP contribution in [0.25, 0.3) is 0 Å². The van der Waals surface area contributed by atoms with Crippen LogP contribution in [0.15, 0.2) is 30.3 Å². The van der Waals surface area contributed by atoms with Gasteiger partial charge in [-0.2, -0.15) is 0 Å². The van der Waals surface area contributed by atoms with E-state index in [4.69, 9.17) is 4.52 Å². The molecule has 0 aliphatic rings. The van der Waals surface area contributed by atoms with Gasteiger partial charge in [0.2, 0.25) is 5.52 Å². The van der Waals surface area contributed by atoms with Crippen LogP contribution in [-0.2, 0) is 13.9 Å². The molecule has 1 unspecified atom stereocenters. The van der Waals surface area contributed by atoms with Gasteiger partial charge in [0, 0.05) is 12.2 Å². The fraction of sp³-hybridized carbons (Fsp3) is 0.300. The van der Waals surface area contributed by atoms with Crippen molar-refractivity contribution < 1.29 is 13.9 Å². The molecule has 14 heavy (non-hydrogen) atoms. The molecule has 1 rings (SSSR count). The first-order chi connectivity index (χ1) is 6.61. The van der Waals surface area contributed by atoms with Crippen molar-refractivity contribution in [3.05, 3.63) is 30.3 Å². The zero-order valence-corrected chi connectivity index (χ0v) is 9.16. The van der Waals surface area contributed by atoms with Crippen LogP contribution < -0.4 is 5.30 Å². The largest absolute Gasteiger partial charge is 0.320 e. The second-order valence-electron chi connectivity index (χ2n) is 2.82. The average molecular weight is 212 g/mol. The molecule has 3 nitrogen and oxygen atoms in total. The maximum Gasteiger partial charge on any atom is 0.295 e. The number of rotatable bonds is 4. The predicted octanol–water partition coefficient (Wildman–Crippen LogP) is 2.17. The lowest BCUT2D eigenvalue weighted by Crippen LogP contribution is -2.12. The molecule has 0 radical (unpaired) electrons. The molecule has 1 aromatic carbocycles. The molecule has 0 amide bonds. The Bertz CT molecular complexity index is 359. The average Bonchev–Trinajstić information content (AvgIpc) is 2.19. The van der Waals surface area contributed by atoms with E-state index in [1.54, 1.807) is 37.3 Å². The first kappa shape index (κ1) is 11.2. The van der Waals surface area contributed by atoms with E-state index in [2.05, 4.69) is 0 Å². The third kappa shape index (κ3) is 2.11. The molecule has 0 spiro atoms. The van der Waals surface area contributed by atoms with Crippen molar-refractivity contribution in [2.24, 2.45) is 0 Å². The first-order valence-electron chi connectivity index (χ1n) is 4.42. The Labute approximate surface area is 83.5 Å². The van der Waals surface area contributed by atoms with E-state index in [1.807, 2.05) is 0 Å². The van der Waals surface area contributed by atoms with E-state index in [0.717, 1.165) is 0 Å². The van der Waals surface area contributed by atoms with Crippen LogP contribution in [0.5, 0.6) is 0 Å². The van der Waals surface area contributed by atoms with Gasteiger partial charge >= 0.3 is 0 Å². The lowest BCUT2D eigenvalue weighted by molar-refractivity contribution is -0.110. The minimum Gasteiger partial charge on any atom is -0.320 e. The van der Waals surface area contributed by atoms with Crippen molar-refractivity contribution in [3.8, 4) is 0 Å². The standard InChI is InChI=1S/C10H13O3P/c1-3-13-14(12,9(2)11)10-7-5-4-6-8-10/h4-8H,3H2,1-2H3. The molecule has 0 bridgehead atoms. The van der Waals surface area contributed by atoms with E-state index < -0.39 is 12.9 Å². The summed E-state index contributed by atoms with van der Waals surface area (Å²) >= 11 is 0. The van der Waals surface area contributed by atoms with Crippen molar-refractivity contribution in [2.45, 2.75) is 13.8 Å². The van der Waals surface area contributed by atoms with E-state index >= 15 is 0 Å². The normalized spacial score (nSPS) is 14.7. The molecule has 76 valence electrons. The zero-order valence-electron chi connectivity index (χ0n) is 8.27. The molecule has 4 heteroatoms. The Morgan fingerprint density at radius 3 is 2.36 bits per heavy atom. The van der Waals surface area contributed by atoms with E-state index in [-0.39, 0.29) is 6.61 Å². The molecule has 0 aliphatic carbocycles. The molecule has 0 aliphatic heterocycles. The van der Waals surface area contributed by atoms with Crippen LogP contribution in [0.2, 0.25) is 0 Å². The van der Waals surface area contributed by atoms with Gasteiger partial charge in [0.25, 0.3) is 7.37 Å². The number of hydrogen-bond donors (Lipinski definition) is 0. The molecule has 0 heterocycles. The highest BCUT2D eigenvalue weighted by Gasteiger charge is 2.30. The molecular formula is C10H13O3P. The Hall–Kier alpha value is -0.920. The van der Waals surface area contributed by atoms with Crippen LogP contribution in [0.4, 0.5) is 0 Å². The van der Waals surface area contributed by atoms with Crippen molar-refractivity contribution in [1.82, 2.24) is 0 Å².